The van der Waals surface area contributed by atoms with Gasteiger partial charge in [-0.2, -0.15) is 13.2 Å². The molecule has 1 amide bonds. The summed E-state index contributed by atoms with van der Waals surface area (Å²) < 4.78 is 41.1. The summed E-state index contributed by atoms with van der Waals surface area (Å²) in [7, 11) is 1.54. The fourth-order valence-corrected chi connectivity index (χ4v) is 2.08. The lowest BCUT2D eigenvalue weighted by atomic mass is 10.2. The van der Waals surface area contributed by atoms with Crippen LogP contribution in [0.15, 0.2) is 29.6 Å². The van der Waals surface area contributed by atoms with E-state index in [4.69, 9.17) is 4.74 Å². The maximum absolute atomic E-state index is 12.0. The molecule has 0 radical (unpaired) electrons. The molecule has 9 heteroatoms. The van der Waals surface area contributed by atoms with Gasteiger partial charge in [0.1, 0.15) is 5.75 Å². The highest BCUT2D eigenvalue weighted by Gasteiger charge is 2.38. The largest absolute Gasteiger partial charge is 0.497 e. The van der Waals surface area contributed by atoms with Crippen molar-refractivity contribution in [2.75, 3.05) is 12.5 Å². The molecule has 0 saturated carbocycles. The number of carbonyl (C=O) groups is 1. The molecule has 21 heavy (non-hydrogen) atoms. The van der Waals surface area contributed by atoms with Crippen molar-refractivity contribution in [1.82, 2.24) is 10.4 Å². The molecule has 1 aromatic carbocycles. The Morgan fingerprint density at radius 1 is 1.29 bits per heavy atom. The smallest absolute Gasteiger partial charge is 0.472 e. The second-order valence-electron chi connectivity index (χ2n) is 3.84. The molecular weight excluding hydrogens is 307 g/mol. The van der Waals surface area contributed by atoms with Crippen LogP contribution in [0, 0.1) is 0 Å². The molecule has 1 heterocycles. The molecule has 1 aromatic heterocycles. The minimum atomic E-state index is -4.94. The molecule has 112 valence electrons. The highest BCUT2D eigenvalue weighted by atomic mass is 32.1. The van der Waals surface area contributed by atoms with Crippen LogP contribution >= 0.6 is 11.3 Å². The minimum Gasteiger partial charge on any atom is -0.497 e. The number of carbonyl (C=O) groups excluding carboxylic acids is 1. The van der Waals surface area contributed by atoms with Crippen molar-refractivity contribution < 1.29 is 22.7 Å². The van der Waals surface area contributed by atoms with Crippen molar-refractivity contribution >= 4 is 22.4 Å². The summed E-state index contributed by atoms with van der Waals surface area (Å²) in [4.78, 5) is 14.7. The normalized spacial score (nSPS) is 11.0. The molecule has 2 aromatic rings. The summed E-state index contributed by atoms with van der Waals surface area (Å²) in [6, 6.07) is 7.03. The summed E-state index contributed by atoms with van der Waals surface area (Å²) >= 11 is 1.07. The van der Waals surface area contributed by atoms with E-state index in [0.29, 0.717) is 11.4 Å². The van der Waals surface area contributed by atoms with Crippen LogP contribution in [0.4, 0.5) is 18.3 Å². The number of alkyl halides is 3. The van der Waals surface area contributed by atoms with Crippen molar-refractivity contribution in [3.63, 3.8) is 0 Å². The lowest BCUT2D eigenvalue weighted by molar-refractivity contribution is -0.173. The molecule has 0 fully saturated rings. The molecule has 0 bridgehead atoms. The van der Waals surface area contributed by atoms with Crippen molar-refractivity contribution in [3.8, 4) is 17.0 Å². The molecule has 0 aliphatic rings. The molecule has 0 atom stereocenters. The summed E-state index contributed by atoms with van der Waals surface area (Å²) in [5.74, 6) is -1.39. The quantitative estimate of drug-likeness (QED) is 0.851. The molecule has 0 unspecified atom stereocenters. The van der Waals surface area contributed by atoms with Crippen LogP contribution < -0.4 is 15.6 Å². The molecule has 2 rings (SSSR count). The molecule has 2 N–H and O–H groups in total. The average molecular weight is 317 g/mol. The maximum atomic E-state index is 12.0. The van der Waals surface area contributed by atoms with E-state index in [9.17, 15) is 18.0 Å². The Morgan fingerprint density at radius 3 is 2.52 bits per heavy atom. The van der Waals surface area contributed by atoms with Crippen LogP contribution in [0.3, 0.4) is 0 Å². The first-order chi connectivity index (χ1) is 9.90. The van der Waals surface area contributed by atoms with Crippen molar-refractivity contribution in [1.29, 1.82) is 0 Å². The molecule has 0 aliphatic carbocycles. The SMILES string of the molecule is COc1ccc(-c2csc(NNC(=O)C(F)(F)F)n2)cc1. The number of aromatic nitrogens is 1. The summed E-state index contributed by atoms with van der Waals surface area (Å²) in [5, 5.41) is 1.81. The highest BCUT2D eigenvalue weighted by molar-refractivity contribution is 7.14. The van der Waals surface area contributed by atoms with Gasteiger partial charge in [-0.25, -0.2) is 4.98 Å². The Kier molecular flexibility index (Phi) is 4.32. The Balaban J connectivity index is 2.02. The van der Waals surface area contributed by atoms with E-state index in [1.54, 1.807) is 36.8 Å². The third-order valence-corrected chi connectivity index (χ3v) is 3.19. The van der Waals surface area contributed by atoms with E-state index in [1.807, 2.05) is 0 Å². The minimum absolute atomic E-state index is 0.151. The molecule has 0 spiro atoms. The number of nitrogens with zero attached hydrogens (tertiary/aromatic N) is 1. The molecule has 0 saturated heterocycles. The number of ether oxygens (including phenoxy) is 1. The first-order valence-corrected chi connectivity index (χ1v) is 6.51. The predicted octanol–water partition coefficient (Wildman–Crippen LogP) is 2.82. The Labute approximate surface area is 121 Å². The van der Waals surface area contributed by atoms with Gasteiger partial charge in [0.05, 0.1) is 12.8 Å². The van der Waals surface area contributed by atoms with Crippen LogP contribution in [0.1, 0.15) is 0 Å². The number of amides is 1. The molecule has 0 aliphatic heterocycles. The number of thiazole rings is 1. The van der Waals surface area contributed by atoms with Gasteiger partial charge in [0.15, 0.2) is 0 Å². The Hall–Kier alpha value is -2.29. The Morgan fingerprint density at radius 2 is 1.95 bits per heavy atom. The zero-order valence-corrected chi connectivity index (χ0v) is 11.5. The lowest BCUT2D eigenvalue weighted by Gasteiger charge is -2.07. The summed E-state index contributed by atoms with van der Waals surface area (Å²) in [6.07, 6.45) is -4.94. The topological polar surface area (TPSA) is 63.2 Å². The van der Waals surface area contributed by atoms with Crippen molar-refractivity contribution in [2.24, 2.45) is 0 Å². The van der Waals surface area contributed by atoms with Gasteiger partial charge in [0.2, 0.25) is 5.13 Å². The highest BCUT2D eigenvalue weighted by Crippen LogP contribution is 2.26. The van der Waals surface area contributed by atoms with E-state index >= 15 is 0 Å². The van der Waals surface area contributed by atoms with Gasteiger partial charge in [-0.1, -0.05) is 0 Å². The second kappa shape index (κ2) is 6.00. The summed E-state index contributed by atoms with van der Waals surface area (Å²) in [6.45, 7) is 0. The van der Waals surface area contributed by atoms with Crippen LogP contribution in [-0.4, -0.2) is 24.2 Å². The number of benzene rings is 1. The van der Waals surface area contributed by atoms with Crippen LogP contribution in [-0.2, 0) is 4.79 Å². The maximum Gasteiger partial charge on any atom is 0.472 e. The van der Waals surface area contributed by atoms with Crippen LogP contribution in [0.25, 0.3) is 11.3 Å². The monoisotopic (exact) mass is 317 g/mol. The van der Waals surface area contributed by atoms with Gasteiger partial charge in [0, 0.05) is 10.9 Å². The number of halogens is 3. The predicted molar refractivity (Wildman–Crippen MR) is 71.9 cm³/mol. The zero-order valence-electron chi connectivity index (χ0n) is 10.7. The van der Waals surface area contributed by atoms with Gasteiger partial charge in [-0.05, 0) is 24.3 Å². The first-order valence-electron chi connectivity index (χ1n) is 5.63. The van der Waals surface area contributed by atoms with Gasteiger partial charge < -0.3 is 4.74 Å². The van der Waals surface area contributed by atoms with E-state index in [-0.39, 0.29) is 5.13 Å². The standard InChI is InChI=1S/C12H10F3N3O2S/c1-20-8-4-2-7(3-5-8)9-6-21-11(16-9)18-17-10(19)12(13,14)15/h2-6H,1H3,(H,16,18)(H,17,19). The van der Waals surface area contributed by atoms with Gasteiger partial charge in [-0.15, -0.1) is 11.3 Å². The van der Waals surface area contributed by atoms with E-state index < -0.39 is 12.1 Å². The fourth-order valence-electron chi connectivity index (χ4n) is 1.41. The number of anilines is 1. The third kappa shape index (κ3) is 3.85. The molecule has 5 nitrogen and oxygen atoms in total. The first kappa shape index (κ1) is 15.1. The number of hydrogen-bond donors (Lipinski definition) is 2. The average Bonchev–Trinajstić information content (AvgIpc) is 2.92. The van der Waals surface area contributed by atoms with E-state index in [0.717, 1.165) is 16.9 Å². The Bertz CT molecular complexity index is 625. The van der Waals surface area contributed by atoms with E-state index in [2.05, 4.69) is 10.4 Å². The van der Waals surface area contributed by atoms with Crippen molar-refractivity contribution in [3.05, 3.63) is 29.6 Å². The molecular formula is C12H10F3N3O2S. The van der Waals surface area contributed by atoms with Crippen molar-refractivity contribution in [2.45, 2.75) is 6.18 Å². The fraction of sp³-hybridized carbons (Fsp3) is 0.167. The number of nitrogens with one attached hydrogen (secondary N) is 2. The number of hydrogen-bond acceptors (Lipinski definition) is 5. The van der Waals surface area contributed by atoms with Gasteiger partial charge in [0.25, 0.3) is 0 Å². The number of rotatable bonds is 4. The van der Waals surface area contributed by atoms with Gasteiger partial charge >= 0.3 is 12.1 Å². The van der Waals surface area contributed by atoms with E-state index in [1.165, 1.54) is 5.43 Å². The zero-order chi connectivity index (χ0) is 15.5. The lowest BCUT2D eigenvalue weighted by Crippen LogP contribution is -2.40. The second-order valence-corrected chi connectivity index (χ2v) is 4.70. The number of methoxy groups -OCH3 is 1. The van der Waals surface area contributed by atoms with Gasteiger partial charge in [-0.3, -0.25) is 15.6 Å². The summed E-state index contributed by atoms with van der Waals surface area (Å²) in [5.41, 5.74) is 5.02. The van der Waals surface area contributed by atoms with Crippen LogP contribution in [0.5, 0.6) is 5.75 Å². The van der Waals surface area contributed by atoms with Crippen LogP contribution in [0.2, 0.25) is 0 Å². The number of hydrazine groups is 1. The third-order valence-electron chi connectivity index (χ3n) is 2.43.